The lowest BCUT2D eigenvalue weighted by molar-refractivity contribution is -0.122. The summed E-state index contributed by atoms with van der Waals surface area (Å²) in [7, 11) is -1.61. The fourth-order valence-electron chi connectivity index (χ4n) is 4.32. The summed E-state index contributed by atoms with van der Waals surface area (Å²) < 4.78 is 6.88. The quantitative estimate of drug-likeness (QED) is 0.580. The molecular weight excluding hydrogens is 332 g/mol. The van der Waals surface area contributed by atoms with Gasteiger partial charge in [-0.15, -0.1) is 0 Å². The predicted octanol–water partition coefficient (Wildman–Crippen LogP) is 2.74. The molecule has 0 aromatic carbocycles. The zero-order valence-corrected chi connectivity index (χ0v) is 17.6. The van der Waals surface area contributed by atoms with Crippen molar-refractivity contribution < 1.29 is 14.3 Å². The lowest BCUT2D eigenvalue weighted by Crippen LogP contribution is -2.53. The molecule has 0 aromatic heterocycles. The Kier molecular flexibility index (Phi) is 7.10. The molecule has 1 saturated carbocycles. The third-order valence-corrected chi connectivity index (χ3v) is 11.5. The van der Waals surface area contributed by atoms with E-state index >= 15 is 0 Å². The normalized spacial score (nSPS) is 25.7. The van der Waals surface area contributed by atoms with Gasteiger partial charge in [0.25, 0.3) is 0 Å². The van der Waals surface area contributed by atoms with E-state index in [0.29, 0.717) is 24.5 Å². The van der Waals surface area contributed by atoms with Crippen molar-refractivity contribution in [1.82, 2.24) is 4.90 Å². The smallest absolute Gasteiger partial charge is 0.220 e. The highest BCUT2D eigenvalue weighted by Gasteiger charge is 2.54. The second-order valence-corrected chi connectivity index (χ2v) is 13.1. The van der Waals surface area contributed by atoms with E-state index in [2.05, 4.69) is 25.7 Å². The van der Waals surface area contributed by atoms with Crippen LogP contribution in [0.25, 0.3) is 0 Å². The Morgan fingerprint density at radius 1 is 1.28 bits per heavy atom. The molecule has 0 bridgehead atoms. The van der Waals surface area contributed by atoms with Gasteiger partial charge in [-0.25, -0.2) is 0 Å². The van der Waals surface area contributed by atoms with Crippen molar-refractivity contribution in [3.05, 3.63) is 0 Å². The number of hydrogen-bond donors (Lipinski definition) is 2. The van der Waals surface area contributed by atoms with Gasteiger partial charge in [0, 0.05) is 19.0 Å². The summed E-state index contributed by atoms with van der Waals surface area (Å²) in [6.07, 6.45) is 4.05. The number of nitrogens with two attached hydrogens (primary N) is 1. The molecule has 2 fully saturated rings. The SMILES string of the molecule is CC[Si](CC)(CC)O[C@@H]1CN(C[C@H](O)CC(C)C(N)=O)CCC12CC2. The molecule has 2 rings (SSSR count). The maximum atomic E-state index is 11.2. The third-order valence-electron chi connectivity index (χ3n) is 6.83. The van der Waals surface area contributed by atoms with Gasteiger partial charge in [0.05, 0.1) is 12.2 Å². The number of hydrogen-bond acceptors (Lipinski definition) is 4. The molecule has 1 amide bonds. The number of piperidine rings is 1. The summed E-state index contributed by atoms with van der Waals surface area (Å²) in [4.78, 5) is 13.6. The molecule has 5 nitrogen and oxygen atoms in total. The Bertz CT molecular complexity index is 444. The summed E-state index contributed by atoms with van der Waals surface area (Å²) in [5.41, 5.74) is 5.74. The van der Waals surface area contributed by atoms with Gasteiger partial charge in [-0.05, 0) is 55.8 Å². The zero-order valence-electron chi connectivity index (χ0n) is 16.6. The third kappa shape index (κ3) is 5.06. The molecule has 1 aliphatic heterocycles. The van der Waals surface area contributed by atoms with Crippen molar-refractivity contribution >= 4 is 14.2 Å². The van der Waals surface area contributed by atoms with Crippen LogP contribution in [0.3, 0.4) is 0 Å². The number of aliphatic hydroxyl groups excluding tert-OH is 1. The lowest BCUT2D eigenvalue weighted by Gasteiger charge is -2.44. The van der Waals surface area contributed by atoms with Crippen LogP contribution in [0.1, 0.15) is 53.4 Å². The van der Waals surface area contributed by atoms with Gasteiger partial charge in [0.15, 0.2) is 8.32 Å². The van der Waals surface area contributed by atoms with E-state index in [1.54, 1.807) is 6.92 Å². The van der Waals surface area contributed by atoms with Crippen LogP contribution in [0.15, 0.2) is 0 Å². The van der Waals surface area contributed by atoms with Crippen molar-refractivity contribution in [3.8, 4) is 0 Å². The Hall–Kier alpha value is -0.433. The van der Waals surface area contributed by atoms with E-state index in [1.165, 1.54) is 37.4 Å². The molecule has 1 unspecified atom stereocenters. The molecule has 25 heavy (non-hydrogen) atoms. The fraction of sp³-hybridized carbons (Fsp3) is 0.947. The first kappa shape index (κ1) is 20.9. The Morgan fingerprint density at radius 3 is 2.36 bits per heavy atom. The molecule has 1 heterocycles. The first-order chi connectivity index (χ1) is 11.8. The zero-order chi connectivity index (χ0) is 18.7. The Morgan fingerprint density at radius 2 is 1.88 bits per heavy atom. The van der Waals surface area contributed by atoms with Gasteiger partial charge in [-0.2, -0.15) is 0 Å². The van der Waals surface area contributed by atoms with Crippen molar-refractivity contribution in [2.24, 2.45) is 17.1 Å². The second kappa shape index (κ2) is 8.50. The first-order valence-corrected chi connectivity index (χ1v) is 12.7. The molecule has 3 N–H and O–H groups in total. The van der Waals surface area contributed by atoms with Crippen LogP contribution in [0.5, 0.6) is 0 Å². The monoisotopic (exact) mass is 370 g/mol. The first-order valence-electron chi connectivity index (χ1n) is 10.2. The summed E-state index contributed by atoms with van der Waals surface area (Å²) >= 11 is 0. The highest BCUT2D eigenvalue weighted by Crippen LogP contribution is 2.55. The number of β-amino-alcohol motifs (C(OH)–C–C–N with tert-alkyl or cyclic N) is 1. The largest absolute Gasteiger partial charge is 0.412 e. The van der Waals surface area contributed by atoms with E-state index in [0.717, 1.165) is 13.1 Å². The number of nitrogens with zero attached hydrogens (tertiary/aromatic N) is 1. The van der Waals surface area contributed by atoms with Gasteiger partial charge < -0.3 is 15.3 Å². The highest BCUT2D eigenvalue weighted by atomic mass is 28.4. The van der Waals surface area contributed by atoms with Crippen LogP contribution in [-0.2, 0) is 9.22 Å². The van der Waals surface area contributed by atoms with E-state index in [9.17, 15) is 9.90 Å². The minimum Gasteiger partial charge on any atom is -0.412 e. The number of carbonyl (C=O) groups excluding carboxylic acids is 1. The van der Waals surface area contributed by atoms with Crippen LogP contribution in [-0.4, -0.2) is 56.1 Å². The maximum absolute atomic E-state index is 11.2. The molecule has 6 heteroatoms. The fourth-order valence-corrected chi connectivity index (χ4v) is 7.25. The Labute approximate surface area is 154 Å². The number of primary amides is 1. The molecule has 1 spiro atoms. The van der Waals surface area contributed by atoms with Crippen LogP contribution in [0, 0.1) is 11.3 Å². The van der Waals surface area contributed by atoms with E-state index in [4.69, 9.17) is 10.2 Å². The molecule has 3 atom stereocenters. The van der Waals surface area contributed by atoms with E-state index in [-0.39, 0.29) is 11.8 Å². The van der Waals surface area contributed by atoms with E-state index < -0.39 is 14.4 Å². The van der Waals surface area contributed by atoms with Crippen LogP contribution in [0.2, 0.25) is 18.1 Å². The van der Waals surface area contributed by atoms with Gasteiger partial charge in [0.2, 0.25) is 5.91 Å². The van der Waals surface area contributed by atoms with Crippen molar-refractivity contribution in [2.75, 3.05) is 19.6 Å². The molecule has 1 saturated heterocycles. The van der Waals surface area contributed by atoms with Crippen molar-refractivity contribution in [3.63, 3.8) is 0 Å². The average molecular weight is 371 g/mol. The molecule has 0 aromatic rings. The van der Waals surface area contributed by atoms with Crippen molar-refractivity contribution in [2.45, 2.75) is 83.7 Å². The average Bonchev–Trinajstić information content (AvgIpc) is 3.36. The Balaban J connectivity index is 1.95. The van der Waals surface area contributed by atoms with Crippen molar-refractivity contribution in [1.29, 1.82) is 0 Å². The highest BCUT2D eigenvalue weighted by molar-refractivity contribution is 6.73. The maximum Gasteiger partial charge on any atom is 0.220 e. The van der Waals surface area contributed by atoms with Gasteiger partial charge in [-0.1, -0.05) is 27.7 Å². The molecule has 146 valence electrons. The van der Waals surface area contributed by atoms with Crippen LogP contribution < -0.4 is 5.73 Å². The number of likely N-dealkylation sites (tertiary alicyclic amines) is 1. The molecule has 0 radical (unpaired) electrons. The number of rotatable bonds is 10. The van der Waals surface area contributed by atoms with E-state index in [1.807, 2.05) is 0 Å². The summed E-state index contributed by atoms with van der Waals surface area (Å²) in [6.45, 7) is 11.2. The van der Waals surface area contributed by atoms with Gasteiger partial charge >= 0.3 is 0 Å². The second-order valence-electron chi connectivity index (χ2n) is 8.42. The minimum atomic E-state index is -1.61. The predicted molar refractivity (Wildman–Crippen MR) is 104 cm³/mol. The number of amides is 1. The molecular formula is C19H38N2O3Si. The van der Waals surface area contributed by atoms with Crippen LogP contribution >= 0.6 is 0 Å². The molecule has 1 aliphatic carbocycles. The minimum absolute atomic E-state index is 0.276. The lowest BCUT2D eigenvalue weighted by atomic mass is 9.90. The summed E-state index contributed by atoms with van der Waals surface area (Å²) in [6, 6.07) is 3.56. The topological polar surface area (TPSA) is 75.8 Å². The number of aliphatic hydroxyl groups is 1. The summed E-state index contributed by atoms with van der Waals surface area (Å²) in [5.74, 6) is -0.609. The molecule has 2 aliphatic rings. The van der Waals surface area contributed by atoms with Gasteiger partial charge in [-0.3, -0.25) is 9.69 Å². The van der Waals surface area contributed by atoms with Crippen LogP contribution in [0.4, 0.5) is 0 Å². The summed E-state index contributed by atoms with van der Waals surface area (Å²) in [5, 5.41) is 10.3. The number of carbonyl (C=O) groups is 1. The standard InChI is InChI=1S/C19H38N2O3Si/c1-5-25(6-2,7-3)24-17-14-21(11-10-19(17)8-9-19)13-16(22)12-15(4)18(20)23/h15-17,22H,5-14H2,1-4H3,(H2,20,23)/t15?,16-,17-/m1/s1. The van der Waals surface area contributed by atoms with Gasteiger partial charge in [0.1, 0.15) is 0 Å².